The second kappa shape index (κ2) is 8.08. The van der Waals surface area contributed by atoms with Gasteiger partial charge in [0.15, 0.2) is 0 Å². The normalized spacial score (nSPS) is 16.8. The van der Waals surface area contributed by atoms with Gasteiger partial charge in [-0.3, -0.25) is 0 Å². The molecule has 0 aromatic carbocycles. The Kier molecular flexibility index (Phi) is 7.95. The molecule has 3 atom stereocenters. The minimum absolute atomic E-state index is 0.258. The summed E-state index contributed by atoms with van der Waals surface area (Å²) < 4.78 is 0. The Morgan fingerprint density at radius 2 is 1.47 bits per heavy atom. The van der Waals surface area contributed by atoms with E-state index in [0.717, 1.165) is 18.1 Å². The molecule has 110 valence electrons. The molecule has 0 spiro atoms. The molecule has 2 N–H and O–H groups in total. The summed E-state index contributed by atoms with van der Waals surface area (Å²) in [5.74, 6) is -0.224. The number of nitrogens with zero attached hydrogens (tertiary/aromatic N) is 1. The summed E-state index contributed by atoms with van der Waals surface area (Å²) in [5.41, 5.74) is 0.328. The maximum atomic E-state index is 9.56. The zero-order valence-electron chi connectivity index (χ0n) is 13.3. The Labute approximate surface area is 120 Å². The quantitative estimate of drug-likeness (QED) is 0.670. The lowest BCUT2D eigenvalue weighted by molar-refractivity contribution is 0.350. The van der Waals surface area contributed by atoms with E-state index in [-0.39, 0.29) is 11.7 Å². The van der Waals surface area contributed by atoms with Crippen LogP contribution >= 0.6 is 0 Å². The van der Waals surface area contributed by atoms with E-state index in [1.54, 1.807) is 6.92 Å². The molecule has 0 amide bonds. The Morgan fingerprint density at radius 1 is 1.05 bits per heavy atom. The molecule has 0 rings (SSSR count). The maximum Gasteiger partial charge on any atom is 0.455 e. The van der Waals surface area contributed by atoms with E-state index in [9.17, 15) is 15.3 Å². The van der Waals surface area contributed by atoms with Crippen LogP contribution in [0, 0.1) is 23.2 Å². The highest BCUT2D eigenvalue weighted by Crippen LogP contribution is 2.47. The van der Waals surface area contributed by atoms with E-state index in [1.165, 1.54) is 0 Å². The van der Waals surface area contributed by atoms with Crippen molar-refractivity contribution in [1.82, 2.24) is 0 Å². The molecule has 0 saturated carbocycles. The minimum Gasteiger partial charge on any atom is -0.427 e. The number of hydrogen-bond donors (Lipinski definition) is 2. The molecular weight excluding hydrogens is 253 g/mol. The van der Waals surface area contributed by atoms with Gasteiger partial charge in [0.25, 0.3) is 0 Å². The molecule has 0 fully saturated rings. The Balaban J connectivity index is 5.57. The van der Waals surface area contributed by atoms with E-state index in [4.69, 9.17) is 0 Å². The first-order chi connectivity index (χ1) is 8.81. The van der Waals surface area contributed by atoms with Gasteiger partial charge in [-0.15, -0.1) is 0 Å². The lowest BCUT2D eigenvalue weighted by Gasteiger charge is -2.43. The first-order valence-electron chi connectivity index (χ1n) is 7.56. The molecule has 19 heavy (non-hydrogen) atoms. The Hall–Kier alpha value is -0.308. The van der Waals surface area contributed by atoms with Crippen molar-refractivity contribution in [2.45, 2.75) is 71.0 Å². The van der Waals surface area contributed by atoms with Gasteiger partial charge in [-0.05, 0) is 11.5 Å². The highest BCUT2D eigenvalue weighted by molar-refractivity contribution is 6.81. The van der Waals surface area contributed by atoms with Gasteiger partial charge in [0.1, 0.15) is 0 Å². The number of rotatable bonds is 8. The SMILES string of the molecule is CC[Si](CC)(CC)C(C(C)C)C(C#N)C(C)B(O)O. The zero-order chi connectivity index (χ0) is 15.2. The second-order valence-corrected chi connectivity index (χ2v) is 11.6. The Morgan fingerprint density at radius 3 is 1.68 bits per heavy atom. The molecule has 0 aromatic rings. The van der Waals surface area contributed by atoms with E-state index in [1.807, 2.05) is 0 Å². The van der Waals surface area contributed by atoms with Crippen molar-refractivity contribution in [3.63, 3.8) is 0 Å². The van der Waals surface area contributed by atoms with Crippen LogP contribution in [0.15, 0.2) is 0 Å². The predicted octanol–water partition coefficient (Wildman–Crippen LogP) is 3.52. The average molecular weight is 283 g/mol. The second-order valence-electron chi connectivity index (χ2n) is 6.12. The van der Waals surface area contributed by atoms with Crippen molar-refractivity contribution in [3.05, 3.63) is 0 Å². The topological polar surface area (TPSA) is 64.2 Å². The van der Waals surface area contributed by atoms with Gasteiger partial charge in [0.05, 0.1) is 14.1 Å². The van der Waals surface area contributed by atoms with Crippen molar-refractivity contribution in [3.8, 4) is 6.07 Å². The monoisotopic (exact) mass is 283 g/mol. The van der Waals surface area contributed by atoms with Crippen molar-refractivity contribution >= 4 is 15.2 Å². The molecule has 0 aliphatic rings. The van der Waals surface area contributed by atoms with E-state index < -0.39 is 15.2 Å². The summed E-state index contributed by atoms with van der Waals surface area (Å²) in [4.78, 5) is 0. The summed E-state index contributed by atoms with van der Waals surface area (Å²) in [6, 6.07) is 5.87. The first-order valence-corrected chi connectivity index (χ1v) is 10.3. The van der Waals surface area contributed by atoms with Crippen molar-refractivity contribution < 1.29 is 10.0 Å². The minimum atomic E-state index is -1.55. The molecule has 0 radical (unpaired) electrons. The highest BCUT2D eigenvalue weighted by atomic mass is 28.3. The van der Waals surface area contributed by atoms with Crippen LogP contribution in [0.3, 0.4) is 0 Å². The molecule has 0 aliphatic carbocycles. The lowest BCUT2D eigenvalue weighted by atomic mass is 9.65. The predicted molar refractivity (Wildman–Crippen MR) is 84.5 cm³/mol. The standard InChI is InChI=1S/C14H30BNO2Si/c1-7-19(8-2,9-3)14(11(4)5)13(10-16)12(6)15(17)18/h11-14,17-18H,7-9H2,1-6H3. The van der Waals surface area contributed by atoms with Crippen molar-refractivity contribution in [1.29, 1.82) is 5.26 Å². The number of nitriles is 1. The van der Waals surface area contributed by atoms with E-state index in [0.29, 0.717) is 11.5 Å². The third-order valence-corrected chi connectivity index (χ3v) is 11.8. The molecule has 0 aliphatic heterocycles. The van der Waals surface area contributed by atoms with Gasteiger partial charge in [0, 0.05) is 11.7 Å². The van der Waals surface area contributed by atoms with Crippen molar-refractivity contribution in [2.75, 3.05) is 0 Å². The van der Waals surface area contributed by atoms with Gasteiger partial charge >= 0.3 is 7.12 Å². The average Bonchev–Trinajstić information content (AvgIpc) is 2.39. The van der Waals surface area contributed by atoms with Crippen LogP contribution < -0.4 is 0 Å². The first kappa shape index (κ1) is 18.7. The van der Waals surface area contributed by atoms with Gasteiger partial charge in [-0.25, -0.2) is 0 Å². The van der Waals surface area contributed by atoms with Crippen LogP contribution in [-0.4, -0.2) is 25.2 Å². The fourth-order valence-electron chi connectivity index (χ4n) is 3.67. The van der Waals surface area contributed by atoms with E-state index >= 15 is 0 Å². The van der Waals surface area contributed by atoms with Crippen LogP contribution in [0.1, 0.15) is 41.5 Å². The zero-order valence-corrected chi connectivity index (χ0v) is 14.3. The summed E-state index contributed by atoms with van der Waals surface area (Å²) in [7, 11) is -2.95. The molecule has 0 saturated heterocycles. The van der Waals surface area contributed by atoms with Crippen molar-refractivity contribution in [2.24, 2.45) is 11.8 Å². The summed E-state index contributed by atoms with van der Waals surface area (Å²) in [5, 5.41) is 28.5. The van der Waals surface area contributed by atoms with Gasteiger partial charge < -0.3 is 10.0 Å². The third kappa shape index (κ3) is 4.08. The summed E-state index contributed by atoms with van der Waals surface area (Å²) >= 11 is 0. The van der Waals surface area contributed by atoms with Crippen LogP contribution in [0.4, 0.5) is 0 Å². The van der Waals surface area contributed by atoms with Gasteiger partial charge in [-0.2, -0.15) is 5.26 Å². The van der Waals surface area contributed by atoms with E-state index in [2.05, 4.69) is 40.7 Å². The number of hydrogen-bond acceptors (Lipinski definition) is 3. The fourth-order valence-corrected chi connectivity index (χ4v) is 9.14. The fraction of sp³-hybridized carbons (Fsp3) is 0.929. The molecule has 3 unspecified atom stereocenters. The molecule has 3 nitrogen and oxygen atoms in total. The smallest absolute Gasteiger partial charge is 0.427 e. The highest BCUT2D eigenvalue weighted by Gasteiger charge is 2.46. The summed E-state index contributed by atoms with van der Waals surface area (Å²) in [6.07, 6.45) is 0. The third-order valence-electron chi connectivity index (χ3n) is 5.11. The van der Waals surface area contributed by atoms with Gasteiger partial charge in [0.2, 0.25) is 0 Å². The molecular formula is C14H30BNO2Si. The van der Waals surface area contributed by atoms with Crippen LogP contribution in [0.2, 0.25) is 29.5 Å². The lowest BCUT2D eigenvalue weighted by Crippen LogP contribution is -2.45. The van der Waals surface area contributed by atoms with Crippen LogP contribution in [-0.2, 0) is 0 Å². The molecule has 5 heteroatoms. The largest absolute Gasteiger partial charge is 0.455 e. The van der Waals surface area contributed by atoms with Crippen LogP contribution in [0.25, 0.3) is 0 Å². The maximum absolute atomic E-state index is 9.56. The Bertz CT molecular complexity index is 292. The molecule has 0 bridgehead atoms. The van der Waals surface area contributed by atoms with Crippen LogP contribution in [0.5, 0.6) is 0 Å². The molecule has 0 aromatic heterocycles. The molecule has 0 heterocycles. The van der Waals surface area contributed by atoms with Gasteiger partial charge in [-0.1, -0.05) is 59.7 Å². The summed E-state index contributed by atoms with van der Waals surface area (Å²) in [6.45, 7) is 12.9.